The van der Waals surface area contributed by atoms with Crippen LogP contribution in [0.1, 0.15) is 12.2 Å². The third-order valence-corrected chi connectivity index (χ3v) is 1.60. The molecule has 5 nitrogen and oxygen atoms in total. The minimum absolute atomic E-state index is 0.0562. The van der Waals surface area contributed by atoms with Gasteiger partial charge in [-0.1, -0.05) is 0 Å². The molecule has 0 aliphatic carbocycles. The zero-order valence-electron chi connectivity index (χ0n) is 8.06. The van der Waals surface area contributed by atoms with E-state index in [4.69, 9.17) is 4.74 Å². The van der Waals surface area contributed by atoms with Gasteiger partial charge in [-0.3, -0.25) is 4.79 Å². The van der Waals surface area contributed by atoms with Crippen molar-refractivity contribution in [3.05, 3.63) is 24.3 Å². The van der Waals surface area contributed by atoms with E-state index in [9.17, 15) is 4.79 Å². The smallest absolute Gasteiger partial charge is 0.222 e. The molecule has 0 aliphatic heterocycles. The van der Waals surface area contributed by atoms with Crippen LogP contribution in [0.2, 0.25) is 0 Å². The summed E-state index contributed by atoms with van der Waals surface area (Å²) in [5, 5.41) is 2.69. The molecule has 0 bridgehead atoms. The number of hydrogen-bond donors (Lipinski definition) is 1. The first kappa shape index (κ1) is 10.6. The van der Waals surface area contributed by atoms with Gasteiger partial charge in [0.25, 0.3) is 0 Å². The molecule has 1 amide bonds. The number of carbonyl (C=O) groups excluding carboxylic acids is 1. The summed E-state index contributed by atoms with van der Waals surface area (Å²) in [5.41, 5.74) is 0. The van der Waals surface area contributed by atoms with Gasteiger partial charge in [0, 0.05) is 25.9 Å². The topological polar surface area (TPSA) is 64.1 Å². The van der Waals surface area contributed by atoms with Crippen molar-refractivity contribution in [2.24, 2.45) is 0 Å². The molecule has 1 N–H and O–H groups in total. The second-order valence-electron chi connectivity index (χ2n) is 2.68. The minimum atomic E-state index is -0.0562. The molecule has 1 aromatic heterocycles. The Morgan fingerprint density at radius 2 is 2.21 bits per heavy atom. The second kappa shape index (κ2) is 6.04. The zero-order valence-corrected chi connectivity index (χ0v) is 8.06. The summed E-state index contributed by atoms with van der Waals surface area (Å²) in [6, 6.07) is 1.73. The molecule has 0 aromatic carbocycles. The van der Waals surface area contributed by atoms with Crippen LogP contribution in [-0.2, 0) is 16.1 Å². The van der Waals surface area contributed by atoms with Gasteiger partial charge in [0.15, 0.2) is 0 Å². The summed E-state index contributed by atoms with van der Waals surface area (Å²) in [6.07, 6.45) is 3.65. The minimum Gasteiger partial charge on any atom is -0.384 e. The predicted molar refractivity (Wildman–Crippen MR) is 50.4 cm³/mol. The van der Waals surface area contributed by atoms with Gasteiger partial charge >= 0.3 is 0 Å². The average Bonchev–Trinajstić information content (AvgIpc) is 2.25. The van der Waals surface area contributed by atoms with E-state index in [2.05, 4.69) is 15.3 Å². The number of methoxy groups -OCH3 is 1. The van der Waals surface area contributed by atoms with Crippen molar-refractivity contribution < 1.29 is 9.53 Å². The Labute approximate surface area is 82.5 Å². The first-order valence-electron chi connectivity index (χ1n) is 4.34. The summed E-state index contributed by atoms with van der Waals surface area (Å²) in [5.74, 6) is 0.553. The first-order chi connectivity index (χ1) is 6.83. The lowest BCUT2D eigenvalue weighted by Gasteiger charge is -2.02. The van der Waals surface area contributed by atoms with Gasteiger partial charge in [-0.2, -0.15) is 0 Å². The van der Waals surface area contributed by atoms with E-state index >= 15 is 0 Å². The van der Waals surface area contributed by atoms with Crippen molar-refractivity contribution in [1.29, 1.82) is 0 Å². The fourth-order valence-corrected chi connectivity index (χ4v) is 0.882. The Kier molecular flexibility index (Phi) is 4.57. The number of hydrogen-bond acceptors (Lipinski definition) is 4. The lowest BCUT2D eigenvalue weighted by molar-refractivity contribution is -0.122. The van der Waals surface area contributed by atoms with Gasteiger partial charge in [-0.15, -0.1) is 0 Å². The van der Waals surface area contributed by atoms with Crippen molar-refractivity contribution >= 4 is 5.91 Å². The number of rotatable bonds is 5. The lowest BCUT2D eigenvalue weighted by Crippen LogP contribution is -2.24. The molecule has 0 atom stereocenters. The van der Waals surface area contributed by atoms with Crippen LogP contribution in [0.3, 0.4) is 0 Å². The molecule has 1 rings (SSSR count). The molecule has 0 spiro atoms. The van der Waals surface area contributed by atoms with E-state index in [1.807, 2.05) is 0 Å². The number of aromatic nitrogens is 2. The number of carbonyl (C=O) groups is 1. The van der Waals surface area contributed by atoms with Crippen molar-refractivity contribution in [2.45, 2.75) is 13.0 Å². The quantitative estimate of drug-likeness (QED) is 0.725. The summed E-state index contributed by atoms with van der Waals surface area (Å²) >= 11 is 0. The predicted octanol–water partition coefficient (Wildman–Crippen LogP) is 0.129. The summed E-state index contributed by atoms with van der Waals surface area (Å²) in [6.45, 7) is 0.796. The zero-order chi connectivity index (χ0) is 10.2. The van der Waals surface area contributed by atoms with Gasteiger partial charge in [0.2, 0.25) is 5.91 Å². The molecule has 76 valence electrons. The molecule has 0 aliphatic rings. The Bertz CT molecular complexity index is 277. The number of ether oxygens (including phenoxy) is 1. The maximum absolute atomic E-state index is 11.1. The van der Waals surface area contributed by atoms with Crippen LogP contribution < -0.4 is 5.32 Å². The highest BCUT2D eigenvalue weighted by Gasteiger charge is 2.00. The highest BCUT2D eigenvalue weighted by atomic mass is 16.5. The molecule has 1 heterocycles. The molecule has 5 heteroatoms. The molecular formula is C9H13N3O2. The summed E-state index contributed by atoms with van der Waals surface area (Å²) in [7, 11) is 1.56. The van der Waals surface area contributed by atoms with Gasteiger partial charge in [-0.05, 0) is 6.07 Å². The molecule has 0 saturated heterocycles. The molecule has 0 saturated carbocycles. The van der Waals surface area contributed by atoms with E-state index in [-0.39, 0.29) is 5.91 Å². The van der Waals surface area contributed by atoms with Gasteiger partial charge in [0.1, 0.15) is 5.82 Å². The first-order valence-corrected chi connectivity index (χ1v) is 4.34. The van der Waals surface area contributed by atoms with E-state index < -0.39 is 0 Å². The van der Waals surface area contributed by atoms with E-state index in [1.165, 1.54) is 0 Å². The van der Waals surface area contributed by atoms with Gasteiger partial charge in [-0.25, -0.2) is 9.97 Å². The third kappa shape index (κ3) is 3.95. The van der Waals surface area contributed by atoms with Crippen LogP contribution in [-0.4, -0.2) is 29.6 Å². The van der Waals surface area contributed by atoms with Gasteiger partial charge in [0.05, 0.1) is 13.2 Å². The normalized spacial score (nSPS) is 9.79. The third-order valence-electron chi connectivity index (χ3n) is 1.60. The Balaban J connectivity index is 2.24. The van der Waals surface area contributed by atoms with Crippen LogP contribution >= 0.6 is 0 Å². The molecule has 14 heavy (non-hydrogen) atoms. The maximum atomic E-state index is 11.1. The van der Waals surface area contributed by atoms with E-state index in [0.717, 1.165) is 0 Å². The van der Waals surface area contributed by atoms with Crippen LogP contribution in [0.4, 0.5) is 0 Å². The Morgan fingerprint density at radius 3 is 2.86 bits per heavy atom. The van der Waals surface area contributed by atoms with Crippen molar-refractivity contribution in [3.8, 4) is 0 Å². The van der Waals surface area contributed by atoms with Crippen LogP contribution in [0, 0.1) is 0 Å². The fourth-order valence-electron chi connectivity index (χ4n) is 0.882. The summed E-state index contributed by atoms with van der Waals surface area (Å²) in [4.78, 5) is 19.1. The molecule has 0 fully saturated rings. The second-order valence-corrected chi connectivity index (χ2v) is 2.68. The largest absolute Gasteiger partial charge is 0.384 e. The van der Waals surface area contributed by atoms with Crippen LogP contribution in [0.25, 0.3) is 0 Å². The molecule has 0 unspecified atom stereocenters. The van der Waals surface area contributed by atoms with Crippen LogP contribution in [0.15, 0.2) is 18.5 Å². The highest BCUT2D eigenvalue weighted by Crippen LogP contribution is 1.87. The van der Waals surface area contributed by atoms with E-state index in [0.29, 0.717) is 25.4 Å². The Hall–Kier alpha value is -1.49. The fraction of sp³-hybridized carbons (Fsp3) is 0.444. The van der Waals surface area contributed by atoms with Crippen molar-refractivity contribution in [1.82, 2.24) is 15.3 Å². The Morgan fingerprint density at radius 1 is 1.50 bits per heavy atom. The maximum Gasteiger partial charge on any atom is 0.222 e. The number of nitrogens with one attached hydrogen (secondary N) is 1. The standard InChI is InChI=1S/C9H13N3O2/c1-14-6-3-9(13)12-7-8-10-4-2-5-11-8/h2,4-5H,3,6-7H2,1H3,(H,12,13). The number of amides is 1. The number of nitrogens with zero attached hydrogens (tertiary/aromatic N) is 2. The van der Waals surface area contributed by atoms with Crippen molar-refractivity contribution in [2.75, 3.05) is 13.7 Å². The van der Waals surface area contributed by atoms with Crippen molar-refractivity contribution in [3.63, 3.8) is 0 Å². The lowest BCUT2D eigenvalue weighted by atomic mass is 10.4. The molecule has 0 radical (unpaired) electrons. The highest BCUT2D eigenvalue weighted by molar-refractivity contribution is 5.75. The summed E-state index contributed by atoms with van der Waals surface area (Å²) < 4.78 is 4.77. The molecular weight excluding hydrogens is 182 g/mol. The average molecular weight is 195 g/mol. The molecule has 1 aromatic rings. The van der Waals surface area contributed by atoms with Gasteiger partial charge < -0.3 is 10.1 Å². The monoisotopic (exact) mass is 195 g/mol. The SMILES string of the molecule is COCCC(=O)NCc1ncccn1. The van der Waals surface area contributed by atoms with E-state index in [1.54, 1.807) is 25.6 Å². The van der Waals surface area contributed by atoms with Crippen LogP contribution in [0.5, 0.6) is 0 Å².